The molecule has 1 amide bonds. The third-order valence-electron chi connectivity index (χ3n) is 3.48. The lowest BCUT2D eigenvalue weighted by molar-refractivity contribution is -0.117. The highest BCUT2D eigenvalue weighted by Crippen LogP contribution is 2.48. The Hall–Kier alpha value is -1.74. The maximum Gasteiger partial charge on any atom is 0.228 e. The summed E-state index contributed by atoms with van der Waals surface area (Å²) in [5.41, 5.74) is 1.79. The summed E-state index contributed by atoms with van der Waals surface area (Å²) in [4.78, 5) is 12.1. The van der Waals surface area contributed by atoms with Crippen molar-refractivity contribution in [1.82, 2.24) is 0 Å². The first-order chi connectivity index (χ1) is 9.15. The zero-order chi connectivity index (χ0) is 13.4. The number of nitrogens with one attached hydrogen (secondary N) is 1. The third kappa shape index (κ3) is 2.51. The Morgan fingerprint density at radius 2 is 2.26 bits per heavy atom. The summed E-state index contributed by atoms with van der Waals surface area (Å²) in [5.74, 6) is 1.18. The molecule has 1 aliphatic rings. The topological polar surface area (TPSA) is 42.2 Å². The Balaban J connectivity index is 1.67. The fourth-order valence-corrected chi connectivity index (χ4v) is 2.52. The number of furan rings is 1. The van der Waals surface area contributed by atoms with Crippen LogP contribution in [0.4, 0.5) is 5.69 Å². The van der Waals surface area contributed by atoms with Crippen LogP contribution in [0.1, 0.15) is 23.7 Å². The maximum atomic E-state index is 12.1. The van der Waals surface area contributed by atoms with Gasteiger partial charge in [-0.1, -0.05) is 11.6 Å². The van der Waals surface area contributed by atoms with E-state index in [0.717, 1.165) is 23.4 Å². The predicted molar refractivity (Wildman–Crippen MR) is 74.4 cm³/mol. The van der Waals surface area contributed by atoms with Crippen molar-refractivity contribution < 1.29 is 9.21 Å². The van der Waals surface area contributed by atoms with Gasteiger partial charge in [-0.15, -0.1) is 0 Å². The van der Waals surface area contributed by atoms with Gasteiger partial charge in [0.05, 0.1) is 6.26 Å². The van der Waals surface area contributed by atoms with Gasteiger partial charge in [0.2, 0.25) is 5.91 Å². The minimum absolute atomic E-state index is 0.0150. The van der Waals surface area contributed by atoms with E-state index in [-0.39, 0.29) is 17.7 Å². The van der Waals surface area contributed by atoms with Gasteiger partial charge in [-0.25, -0.2) is 0 Å². The van der Waals surface area contributed by atoms with Crippen LogP contribution < -0.4 is 5.32 Å². The van der Waals surface area contributed by atoms with Crippen LogP contribution in [0.2, 0.25) is 5.02 Å². The van der Waals surface area contributed by atoms with Gasteiger partial charge >= 0.3 is 0 Å². The number of carbonyl (C=O) groups is 1. The van der Waals surface area contributed by atoms with Crippen molar-refractivity contribution in [2.45, 2.75) is 19.3 Å². The van der Waals surface area contributed by atoms with Gasteiger partial charge in [0.25, 0.3) is 0 Å². The largest absolute Gasteiger partial charge is 0.469 e. The fourth-order valence-electron chi connectivity index (χ4n) is 2.29. The van der Waals surface area contributed by atoms with Crippen molar-refractivity contribution in [3.05, 3.63) is 52.9 Å². The summed E-state index contributed by atoms with van der Waals surface area (Å²) in [6, 6.07) is 9.23. The molecule has 98 valence electrons. The van der Waals surface area contributed by atoms with Gasteiger partial charge in [0, 0.05) is 22.5 Å². The molecule has 0 spiro atoms. The smallest absolute Gasteiger partial charge is 0.228 e. The summed E-state index contributed by atoms with van der Waals surface area (Å²) in [7, 11) is 0. The van der Waals surface area contributed by atoms with Gasteiger partial charge in [0.1, 0.15) is 5.76 Å². The first kappa shape index (κ1) is 12.3. The monoisotopic (exact) mass is 275 g/mol. The number of hydrogen-bond acceptors (Lipinski definition) is 2. The quantitative estimate of drug-likeness (QED) is 0.920. The Bertz CT molecular complexity index is 607. The van der Waals surface area contributed by atoms with E-state index in [1.165, 1.54) is 0 Å². The van der Waals surface area contributed by atoms with Gasteiger partial charge in [0.15, 0.2) is 0 Å². The Kier molecular flexibility index (Phi) is 3.07. The van der Waals surface area contributed by atoms with Crippen LogP contribution in [-0.2, 0) is 4.79 Å². The summed E-state index contributed by atoms with van der Waals surface area (Å²) in [5, 5.41) is 3.63. The van der Waals surface area contributed by atoms with E-state index < -0.39 is 0 Å². The number of anilines is 1. The average Bonchev–Trinajstić information content (AvgIpc) is 2.99. The molecule has 1 saturated carbocycles. The molecule has 19 heavy (non-hydrogen) atoms. The third-order valence-corrected chi connectivity index (χ3v) is 3.72. The standard InChI is InChI=1S/C15H14ClNO2/c1-9-7-10(16)4-5-13(9)17-15(18)12-8-11(12)14-3-2-6-19-14/h2-7,11-12H,8H2,1H3,(H,17,18). The van der Waals surface area contributed by atoms with Crippen molar-refractivity contribution >= 4 is 23.2 Å². The van der Waals surface area contributed by atoms with Crippen molar-refractivity contribution in [2.75, 3.05) is 5.32 Å². The lowest BCUT2D eigenvalue weighted by atomic mass is 10.2. The van der Waals surface area contributed by atoms with E-state index in [2.05, 4.69) is 5.32 Å². The molecule has 1 aromatic carbocycles. The Morgan fingerprint density at radius 3 is 2.95 bits per heavy atom. The molecule has 0 saturated heterocycles. The van der Waals surface area contributed by atoms with Crippen molar-refractivity contribution in [3.63, 3.8) is 0 Å². The van der Waals surface area contributed by atoms with Crippen molar-refractivity contribution in [2.24, 2.45) is 5.92 Å². The average molecular weight is 276 g/mol. The number of rotatable bonds is 3. The first-order valence-corrected chi connectivity index (χ1v) is 6.63. The molecule has 2 aromatic rings. The van der Waals surface area contributed by atoms with E-state index >= 15 is 0 Å². The molecule has 1 N–H and O–H groups in total. The highest BCUT2D eigenvalue weighted by molar-refractivity contribution is 6.30. The molecular weight excluding hydrogens is 262 g/mol. The molecule has 0 aliphatic heterocycles. The maximum absolute atomic E-state index is 12.1. The molecule has 1 heterocycles. The summed E-state index contributed by atoms with van der Waals surface area (Å²) in [6.07, 6.45) is 2.50. The van der Waals surface area contributed by atoms with Gasteiger partial charge < -0.3 is 9.73 Å². The molecule has 0 bridgehead atoms. The molecule has 1 aliphatic carbocycles. The molecule has 2 unspecified atom stereocenters. The number of halogens is 1. The van der Waals surface area contributed by atoms with Crippen molar-refractivity contribution in [3.8, 4) is 0 Å². The van der Waals surface area contributed by atoms with Crippen LogP contribution in [0.25, 0.3) is 0 Å². The van der Waals surface area contributed by atoms with Crippen molar-refractivity contribution in [1.29, 1.82) is 0 Å². The van der Waals surface area contributed by atoms with Crippen LogP contribution in [0.15, 0.2) is 41.0 Å². The highest BCUT2D eigenvalue weighted by Gasteiger charge is 2.45. The highest BCUT2D eigenvalue weighted by atomic mass is 35.5. The van der Waals surface area contributed by atoms with E-state index in [0.29, 0.717) is 5.02 Å². The van der Waals surface area contributed by atoms with Crippen LogP contribution in [0.3, 0.4) is 0 Å². The fraction of sp³-hybridized carbons (Fsp3) is 0.267. The van der Waals surface area contributed by atoms with Crippen LogP contribution in [0, 0.1) is 12.8 Å². The Morgan fingerprint density at radius 1 is 1.42 bits per heavy atom. The minimum atomic E-state index is 0.0150. The zero-order valence-corrected chi connectivity index (χ0v) is 11.3. The molecule has 1 aromatic heterocycles. The molecule has 3 nitrogen and oxygen atoms in total. The summed E-state index contributed by atoms with van der Waals surface area (Å²) < 4.78 is 5.33. The van der Waals surface area contributed by atoms with Gasteiger partial charge in [-0.3, -0.25) is 4.79 Å². The lowest BCUT2D eigenvalue weighted by Gasteiger charge is -2.08. The lowest BCUT2D eigenvalue weighted by Crippen LogP contribution is -2.15. The van der Waals surface area contributed by atoms with E-state index in [9.17, 15) is 4.79 Å². The molecule has 4 heteroatoms. The van der Waals surface area contributed by atoms with E-state index in [1.54, 1.807) is 12.3 Å². The van der Waals surface area contributed by atoms with Crippen LogP contribution in [0.5, 0.6) is 0 Å². The number of carbonyl (C=O) groups excluding carboxylic acids is 1. The summed E-state index contributed by atoms with van der Waals surface area (Å²) in [6.45, 7) is 1.93. The normalized spacial score (nSPS) is 21.2. The molecule has 3 rings (SSSR count). The number of amides is 1. The number of benzene rings is 1. The number of hydrogen-bond donors (Lipinski definition) is 1. The van der Waals surface area contributed by atoms with E-state index in [4.69, 9.17) is 16.0 Å². The van der Waals surface area contributed by atoms with Gasteiger partial charge in [-0.2, -0.15) is 0 Å². The SMILES string of the molecule is Cc1cc(Cl)ccc1NC(=O)C1CC1c1ccco1. The van der Waals surface area contributed by atoms with Crippen LogP contribution >= 0.6 is 11.6 Å². The zero-order valence-electron chi connectivity index (χ0n) is 10.5. The molecule has 2 atom stereocenters. The molecule has 1 fully saturated rings. The molecule has 0 radical (unpaired) electrons. The molecular formula is C15H14ClNO2. The second-order valence-corrected chi connectivity index (χ2v) is 5.35. The predicted octanol–water partition coefficient (Wildman–Crippen LogP) is 3.98. The van der Waals surface area contributed by atoms with E-state index in [1.807, 2.05) is 31.2 Å². The number of aryl methyl sites for hydroxylation is 1. The second-order valence-electron chi connectivity index (χ2n) is 4.91. The first-order valence-electron chi connectivity index (χ1n) is 6.25. The summed E-state index contributed by atoms with van der Waals surface area (Å²) >= 11 is 5.89. The second kappa shape index (κ2) is 4.74. The Labute approximate surface area is 116 Å². The van der Waals surface area contributed by atoms with Gasteiger partial charge in [-0.05, 0) is 49.2 Å². The minimum Gasteiger partial charge on any atom is -0.469 e. The van der Waals surface area contributed by atoms with Crippen LogP contribution in [-0.4, -0.2) is 5.91 Å².